The normalized spacial score (nSPS) is 14.1. The van der Waals surface area contributed by atoms with E-state index in [0.717, 1.165) is 10.0 Å². The number of carbonyl (C=O) groups is 3. The van der Waals surface area contributed by atoms with Crippen molar-refractivity contribution >= 4 is 50.9 Å². The summed E-state index contributed by atoms with van der Waals surface area (Å²) in [5.74, 6) is -0.844. The predicted octanol–water partition coefficient (Wildman–Crippen LogP) is 2.89. The lowest BCUT2D eigenvalue weighted by Gasteiger charge is -2.03. The van der Waals surface area contributed by atoms with E-state index < -0.39 is 0 Å². The lowest BCUT2D eigenvalue weighted by atomic mass is 10.0. The van der Waals surface area contributed by atoms with Crippen LogP contribution in [0.5, 0.6) is 0 Å². The van der Waals surface area contributed by atoms with Gasteiger partial charge in [0.25, 0.3) is 11.8 Å². The largest absolute Gasteiger partial charge is 0.396 e. The molecule has 0 unspecified atom stereocenters. The van der Waals surface area contributed by atoms with Crippen LogP contribution in [0.2, 0.25) is 0 Å². The standard InChI is InChI=1S/C20H20BrN3O4/c1-10-17(11(2)26)16(23-18(10)20(28)22-6-3-7-25)9-14-13-8-12(21)4-5-15(13)24-19(14)27/h4-5,8-9,23,25H,3,6-7H2,1-2H3,(H,22,28)(H,24,27)/b14-9-. The number of aromatic nitrogens is 1. The number of amides is 2. The molecule has 4 N–H and O–H groups in total. The Morgan fingerprint density at radius 2 is 2.07 bits per heavy atom. The summed E-state index contributed by atoms with van der Waals surface area (Å²) in [6.07, 6.45) is 2.04. The molecule has 3 rings (SSSR count). The van der Waals surface area contributed by atoms with Crippen LogP contribution in [0.1, 0.15) is 51.0 Å². The highest BCUT2D eigenvalue weighted by atomic mass is 79.9. The molecule has 1 aromatic heterocycles. The molecule has 0 saturated heterocycles. The number of hydrogen-bond donors (Lipinski definition) is 4. The van der Waals surface area contributed by atoms with Gasteiger partial charge in [0.1, 0.15) is 5.69 Å². The van der Waals surface area contributed by atoms with Gasteiger partial charge in [-0.2, -0.15) is 0 Å². The van der Waals surface area contributed by atoms with E-state index in [1.165, 1.54) is 6.92 Å². The Morgan fingerprint density at radius 1 is 1.32 bits per heavy atom. The van der Waals surface area contributed by atoms with Crippen LogP contribution in [-0.2, 0) is 4.79 Å². The minimum atomic E-state index is -0.364. The monoisotopic (exact) mass is 445 g/mol. The molecule has 0 fully saturated rings. The summed E-state index contributed by atoms with van der Waals surface area (Å²) in [6.45, 7) is 3.41. The van der Waals surface area contributed by atoms with Crippen molar-refractivity contribution in [2.45, 2.75) is 20.3 Å². The molecule has 1 aliphatic heterocycles. The van der Waals surface area contributed by atoms with Crippen molar-refractivity contribution in [3.63, 3.8) is 0 Å². The van der Waals surface area contributed by atoms with Gasteiger partial charge in [-0.1, -0.05) is 15.9 Å². The first-order valence-electron chi connectivity index (χ1n) is 8.79. The number of benzene rings is 1. The average Bonchev–Trinajstić information content (AvgIpc) is 3.12. The molecule has 7 nitrogen and oxygen atoms in total. The first-order valence-corrected chi connectivity index (χ1v) is 9.58. The smallest absolute Gasteiger partial charge is 0.268 e. The molecule has 1 aliphatic rings. The summed E-state index contributed by atoms with van der Waals surface area (Å²) in [6, 6.07) is 5.45. The summed E-state index contributed by atoms with van der Waals surface area (Å²) in [5, 5.41) is 14.3. The molecule has 0 saturated carbocycles. The van der Waals surface area contributed by atoms with Crippen molar-refractivity contribution < 1.29 is 19.5 Å². The summed E-state index contributed by atoms with van der Waals surface area (Å²) >= 11 is 3.40. The first-order chi connectivity index (χ1) is 13.3. The van der Waals surface area contributed by atoms with E-state index in [1.54, 1.807) is 19.1 Å². The molecule has 1 aromatic carbocycles. The van der Waals surface area contributed by atoms with Gasteiger partial charge in [0.2, 0.25) is 0 Å². The maximum atomic E-state index is 12.4. The SMILES string of the molecule is CC(=O)c1c(/C=C2\C(=O)Nc3ccc(Br)cc32)[nH]c(C(=O)NCCCO)c1C. The van der Waals surface area contributed by atoms with Gasteiger partial charge in [0, 0.05) is 34.4 Å². The number of aliphatic hydroxyl groups excluding tert-OH is 1. The Hall–Kier alpha value is -2.71. The Morgan fingerprint density at radius 3 is 2.75 bits per heavy atom. The topological polar surface area (TPSA) is 111 Å². The third-order valence-corrected chi connectivity index (χ3v) is 5.03. The highest BCUT2D eigenvalue weighted by Crippen LogP contribution is 2.35. The molecule has 146 valence electrons. The molecular weight excluding hydrogens is 426 g/mol. The number of rotatable bonds is 6. The second-order valence-electron chi connectivity index (χ2n) is 6.50. The predicted molar refractivity (Wildman–Crippen MR) is 110 cm³/mol. The quantitative estimate of drug-likeness (QED) is 0.311. The van der Waals surface area contributed by atoms with Crippen molar-refractivity contribution in [1.82, 2.24) is 10.3 Å². The van der Waals surface area contributed by atoms with Gasteiger partial charge in [-0.25, -0.2) is 0 Å². The number of carbonyl (C=O) groups excluding carboxylic acids is 3. The van der Waals surface area contributed by atoms with Crippen molar-refractivity contribution in [2.24, 2.45) is 0 Å². The van der Waals surface area contributed by atoms with E-state index in [-0.39, 0.29) is 29.9 Å². The molecule has 0 spiro atoms. The number of aliphatic hydroxyl groups is 1. The molecule has 28 heavy (non-hydrogen) atoms. The fourth-order valence-electron chi connectivity index (χ4n) is 3.22. The highest BCUT2D eigenvalue weighted by molar-refractivity contribution is 9.10. The van der Waals surface area contributed by atoms with Gasteiger partial charge >= 0.3 is 0 Å². The third-order valence-electron chi connectivity index (χ3n) is 4.53. The van der Waals surface area contributed by atoms with Crippen LogP contribution in [0.15, 0.2) is 22.7 Å². The van der Waals surface area contributed by atoms with Crippen LogP contribution < -0.4 is 10.6 Å². The number of hydrogen-bond acceptors (Lipinski definition) is 4. The van der Waals surface area contributed by atoms with Crippen molar-refractivity contribution in [1.29, 1.82) is 0 Å². The fraction of sp³-hybridized carbons (Fsp3) is 0.250. The maximum absolute atomic E-state index is 12.4. The number of Topliss-reactive ketones (excluding diaryl/α,β-unsaturated/α-hetero) is 1. The molecular formula is C20H20BrN3O4. The number of fused-ring (bicyclic) bond motifs is 1. The minimum Gasteiger partial charge on any atom is -0.396 e. The van der Waals surface area contributed by atoms with Crippen LogP contribution >= 0.6 is 15.9 Å². The molecule has 2 amide bonds. The van der Waals surface area contributed by atoms with E-state index in [0.29, 0.717) is 41.0 Å². The minimum absolute atomic E-state index is 0.0237. The molecule has 0 radical (unpaired) electrons. The summed E-state index contributed by atoms with van der Waals surface area (Å²) in [4.78, 5) is 40.1. The molecule has 8 heteroatoms. The Balaban J connectivity index is 2.05. The number of halogens is 1. The van der Waals surface area contributed by atoms with E-state index in [9.17, 15) is 14.4 Å². The maximum Gasteiger partial charge on any atom is 0.268 e. The zero-order valence-electron chi connectivity index (χ0n) is 15.5. The fourth-order valence-corrected chi connectivity index (χ4v) is 3.59. The van der Waals surface area contributed by atoms with Crippen molar-refractivity contribution in [2.75, 3.05) is 18.5 Å². The second kappa shape index (κ2) is 8.12. The Bertz CT molecular complexity index is 1010. The lowest BCUT2D eigenvalue weighted by Crippen LogP contribution is -2.26. The molecule has 2 aromatic rings. The zero-order chi connectivity index (χ0) is 20.4. The van der Waals surface area contributed by atoms with Gasteiger partial charge in [0.15, 0.2) is 5.78 Å². The number of nitrogens with one attached hydrogen (secondary N) is 3. The number of anilines is 1. The van der Waals surface area contributed by atoms with Crippen molar-refractivity contribution in [3.05, 3.63) is 50.8 Å². The van der Waals surface area contributed by atoms with Crippen LogP contribution in [-0.4, -0.2) is 40.8 Å². The number of H-pyrrole nitrogens is 1. The molecule has 0 bridgehead atoms. The summed E-state index contributed by atoms with van der Waals surface area (Å²) in [5.41, 5.74) is 3.39. The van der Waals surface area contributed by atoms with Crippen LogP contribution in [0.4, 0.5) is 5.69 Å². The molecule has 0 atom stereocenters. The van der Waals surface area contributed by atoms with Crippen LogP contribution in [0.3, 0.4) is 0 Å². The van der Waals surface area contributed by atoms with E-state index >= 15 is 0 Å². The van der Waals surface area contributed by atoms with E-state index in [1.807, 2.05) is 12.1 Å². The Labute approximate surface area is 170 Å². The van der Waals surface area contributed by atoms with E-state index in [4.69, 9.17) is 5.11 Å². The summed E-state index contributed by atoms with van der Waals surface area (Å²) in [7, 11) is 0. The Kier molecular flexibility index (Phi) is 5.81. The molecule has 2 heterocycles. The van der Waals surface area contributed by atoms with Gasteiger partial charge in [0.05, 0.1) is 11.3 Å². The molecule has 0 aliphatic carbocycles. The zero-order valence-corrected chi connectivity index (χ0v) is 17.1. The van der Waals surface area contributed by atoms with Gasteiger partial charge in [-0.3, -0.25) is 14.4 Å². The highest BCUT2D eigenvalue weighted by Gasteiger charge is 2.27. The number of aromatic amines is 1. The third kappa shape index (κ3) is 3.79. The van der Waals surface area contributed by atoms with Crippen LogP contribution in [0, 0.1) is 6.92 Å². The summed E-state index contributed by atoms with van der Waals surface area (Å²) < 4.78 is 0.826. The van der Waals surface area contributed by atoms with Gasteiger partial charge in [-0.15, -0.1) is 0 Å². The van der Waals surface area contributed by atoms with E-state index in [2.05, 4.69) is 31.5 Å². The number of ketones is 1. The van der Waals surface area contributed by atoms with Crippen molar-refractivity contribution in [3.8, 4) is 0 Å². The first kappa shape index (κ1) is 20.0. The lowest BCUT2D eigenvalue weighted by molar-refractivity contribution is -0.110. The second-order valence-corrected chi connectivity index (χ2v) is 7.42. The van der Waals surface area contributed by atoms with Gasteiger partial charge in [-0.05, 0) is 50.1 Å². The average molecular weight is 446 g/mol. The van der Waals surface area contributed by atoms with Gasteiger partial charge < -0.3 is 20.7 Å². The van der Waals surface area contributed by atoms with Crippen LogP contribution in [0.25, 0.3) is 11.6 Å².